The van der Waals surface area contributed by atoms with Gasteiger partial charge in [-0.25, -0.2) is 4.68 Å². The van der Waals surface area contributed by atoms with Crippen molar-refractivity contribution in [3.63, 3.8) is 0 Å². The number of nitrogens with zero attached hydrogens (tertiary/aromatic N) is 4. The van der Waals surface area contributed by atoms with Gasteiger partial charge in [0.1, 0.15) is 12.2 Å². The first kappa shape index (κ1) is 21.1. The molecule has 1 aliphatic heterocycles. The smallest absolute Gasteiger partial charge is 0.368 e. The fraction of sp³-hybridized carbons (Fsp3) is 0.286. The van der Waals surface area contributed by atoms with Crippen molar-refractivity contribution in [2.45, 2.75) is 12.7 Å². The minimum Gasteiger partial charge on any atom is -0.368 e. The fourth-order valence-corrected chi connectivity index (χ4v) is 4.13. The maximum absolute atomic E-state index is 13.0. The number of rotatable bonds is 4. The van der Waals surface area contributed by atoms with Gasteiger partial charge in [-0.2, -0.15) is 18.3 Å². The molecule has 1 aromatic carbocycles. The molecule has 1 fully saturated rings. The van der Waals surface area contributed by atoms with Crippen molar-refractivity contribution in [2.24, 2.45) is 0 Å². The first-order valence-electron chi connectivity index (χ1n) is 9.63. The molecule has 0 N–H and O–H groups in total. The minimum absolute atomic E-state index is 0.179. The SMILES string of the molecule is O=C(Cn1nc(-c2cccs2)ccc1=O)N1CCN(c2cccc(C(F)(F)F)c2)CC1. The zero-order chi connectivity index (χ0) is 22.0. The number of alkyl halides is 3. The average molecular weight is 448 g/mol. The molecule has 0 aliphatic carbocycles. The molecule has 0 bridgehead atoms. The van der Waals surface area contributed by atoms with E-state index in [0.717, 1.165) is 21.7 Å². The molecule has 0 spiro atoms. The van der Waals surface area contributed by atoms with Gasteiger partial charge in [-0.05, 0) is 35.7 Å². The summed E-state index contributed by atoms with van der Waals surface area (Å²) in [5.41, 5.74) is 0.0380. The Labute approximate surface area is 180 Å². The maximum Gasteiger partial charge on any atom is 0.416 e. The molecule has 3 aromatic rings. The van der Waals surface area contributed by atoms with E-state index in [4.69, 9.17) is 0 Å². The summed E-state index contributed by atoms with van der Waals surface area (Å²) in [5.74, 6) is -0.248. The number of hydrogen-bond acceptors (Lipinski definition) is 5. The van der Waals surface area contributed by atoms with Gasteiger partial charge in [0, 0.05) is 37.9 Å². The second kappa shape index (κ2) is 8.54. The molecule has 6 nitrogen and oxygen atoms in total. The van der Waals surface area contributed by atoms with E-state index < -0.39 is 11.7 Å². The number of hydrogen-bond donors (Lipinski definition) is 0. The van der Waals surface area contributed by atoms with E-state index in [9.17, 15) is 22.8 Å². The molecule has 31 heavy (non-hydrogen) atoms. The molecule has 0 atom stereocenters. The van der Waals surface area contributed by atoms with Crippen LogP contribution in [0.2, 0.25) is 0 Å². The Morgan fingerprint density at radius 1 is 1.03 bits per heavy atom. The van der Waals surface area contributed by atoms with Crippen molar-refractivity contribution in [3.05, 3.63) is 69.8 Å². The fourth-order valence-electron chi connectivity index (χ4n) is 3.44. The molecule has 3 heterocycles. The molecule has 162 valence electrons. The Morgan fingerprint density at radius 2 is 1.81 bits per heavy atom. The first-order valence-corrected chi connectivity index (χ1v) is 10.5. The molecule has 0 radical (unpaired) electrons. The summed E-state index contributed by atoms with van der Waals surface area (Å²) in [6.07, 6.45) is -4.40. The highest BCUT2D eigenvalue weighted by Gasteiger charge is 2.31. The quantitative estimate of drug-likeness (QED) is 0.615. The lowest BCUT2D eigenvalue weighted by atomic mass is 10.1. The second-order valence-electron chi connectivity index (χ2n) is 7.11. The molecule has 0 unspecified atom stereocenters. The Morgan fingerprint density at radius 3 is 2.48 bits per heavy atom. The highest BCUT2D eigenvalue weighted by Crippen LogP contribution is 2.31. The molecule has 1 saturated heterocycles. The number of benzene rings is 1. The Balaban J connectivity index is 1.40. The number of thiophene rings is 1. The topological polar surface area (TPSA) is 58.4 Å². The van der Waals surface area contributed by atoms with Gasteiger partial charge in [-0.1, -0.05) is 12.1 Å². The highest BCUT2D eigenvalue weighted by atomic mass is 32.1. The van der Waals surface area contributed by atoms with Crippen molar-refractivity contribution in [1.82, 2.24) is 14.7 Å². The van der Waals surface area contributed by atoms with E-state index in [1.807, 2.05) is 22.4 Å². The van der Waals surface area contributed by atoms with Crippen LogP contribution in [0.25, 0.3) is 10.6 Å². The third-order valence-electron chi connectivity index (χ3n) is 5.10. The molecule has 10 heteroatoms. The Kier molecular flexibility index (Phi) is 5.81. The van der Waals surface area contributed by atoms with Crippen LogP contribution in [-0.2, 0) is 17.5 Å². The summed E-state index contributed by atoms with van der Waals surface area (Å²) in [6.45, 7) is 1.35. The molecule has 4 rings (SSSR count). The van der Waals surface area contributed by atoms with Crippen molar-refractivity contribution >= 4 is 22.9 Å². The number of piperazine rings is 1. The van der Waals surface area contributed by atoms with E-state index >= 15 is 0 Å². The van der Waals surface area contributed by atoms with Crippen LogP contribution in [0, 0.1) is 0 Å². The van der Waals surface area contributed by atoms with Crippen LogP contribution in [-0.4, -0.2) is 46.8 Å². The van der Waals surface area contributed by atoms with Gasteiger partial charge in [0.15, 0.2) is 0 Å². The number of amides is 1. The van der Waals surface area contributed by atoms with Crippen LogP contribution in [0.1, 0.15) is 5.56 Å². The lowest BCUT2D eigenvalue weighted by Gasteiger charge is -2.36. The minimum atomic E-state index is -4.40. The summed E-state index contributed by atoms with van der Waals surface area (Å²) < 4.78 is 40.0. The first-order chi connectivity index (χ1) is 14.8. The predicted octanol–water partition coefficient (Wildman–Crippen LogP) is 3.34. The molecule has 1 aliphatic rings. The predicted molar refractivity (Wildman–Crippen MR) is 112 cm³/mol. The van der Waals surface area contributed by atoms with Crippen molar-refractivity contribution in [1.29, 1.82) is 0 Å². The number of halogens is 3. The standard InChI is InChI=1S/C21H19F3N4O2S/c22-21(23,24)15-3-1-4-16(13-15)26-8-10-27(11-9-26)20(30)14-28-19(29)7-6-17(25-28)18-5-2-12-31-18/h1-7,12-13H,8-11,14H2. The summed E-state index contributed by atoms with van der Waals surface area (Å²) in [4.78, 5) is 29.2. The van der Waals surface area contributed by atoms with Crippen LogP contribution in [0.4, 0.5) is 18.9 Å². The average Bonchev–Trinajstić information content (AvgIpc) is 3.30. The van der Waals surface area contributed by atoms with Crippen LogP contribution < -0.4 is 10.5 Å². The lowest BCUT2D eigenvalue weighted by molar-refractivity contribution is -0.137. The summed E-state index contributed by atoms with van der Waals surface area (Å²) in [7, 11) is 0. The number of carbonyl (C=O) groups excluding carboxylic acids is 1. The zero-order valence-electron chi connectivity index (χ0n) is 16.4. The van der Waals surface area contributed by atoms with E-state index in [0.29, 0.717) is 37.6 Å². The van der Waals surface area contributed by atoms with Crippen molar-refractivity contribution < 1.29 is 18.0 Å². The van der Waals surface area contributed by atoms with Crippen molar-refractivity contribution in [2.75, 3.05) is 31.1 Å². The largest absolute Gasteiger partial charge is 0.416 e. The normalized spacial score (nSPS) is 14.7. The molecular formula is C21H19F3N4O2S. The Bertz CT molecular complexity index is 1120. The van der Waals surface area contributed by atoms with E-state index in [1.165, 1.54) is 23.5 Å². The lowest BCUT2D eigenvalue weighted by Crippen LogP contribution is -2.50. The zero-order valence-corrected chi connectivity index (χ0v) is 17.2. The third-order valence-corrected chi connectivity index (χ3v) is 5.99. The van der Waals surface area contributed by atoms with Crippen LogP contribution in [0.15, 0.2) is 58.7 Å². The van der Waals surface area contributed by atoms with Crippen LogP contribution in [0.3, 0.4) is 0 Å². The summed E-state index contributed by atoms with van der Waals surface area (Å²) in [5, 5.41) is 6.20. The summed E-state index contributed by atoms with van der Waals surface area (Å²) >= 11 is 1.49. The molecule has 2 aromatic heterocycles. The Hall–Kier alpha value is -3.14. The van der Waals surface area contributed by atoms with Gasteiger partial charge in [-0.3, -0.25) is 9.59 Å². The van der Waals surface area contributed by atoms with Crippen LogP contribution >= 0.6 is 11.3 Å². The van der Waals surface area contributed by atoms with Gasteiger partial charge in [0.25, 0.3) is 5.56 Å². The molecule has 1 amide bonds. The van der Waals surface area contributed by atoms with Gasteiger partial charge in [0.2, 0.25) is 5.91 Å². The van der Waals surface area contributed by atoms with Crippen molar-refractivity contribution in [3.8, 4) is 10.6 Å². The van der Waals surface area contributed by atoms with E-state index in [2.05, 4.69) is 5.10 Å². The number of anilines is 1. The molecule has 0 saturated carbocycles. The monoisotopic (exact) mass is 448 g/mol. The van der Waals surface area contributed by atoms with Gasteiger partial charge < -0.3 is 9.80 Å². The highest BCUT2D eigenvalue weighted by molar-refractivity contribution is 7.13. The number of carbonyl (C=O) groups is 1. The van der Waals surface area contributed by atoms with Crippen LogP contribution in [0.5, 0.6) is 0 Å². The van der Waals surface area contributed by atoms with Gasteiger partial charge in [-0.15, -0.1) is 11.3 Å². The third kappa shape index (κ3) is 4.79. The number of aromatic nitrogens is 2. The summed E-state index contributed by atoms with van der Waals surface area (Å²) in [6, 6.07) is 12.0. The van der Waals surface area contributed by atoms with Gasteiger partial charge in [0.05, 0.1) is 10.4 Å². The van der Waals surface area contributed by atoms with Gasteiger partial charge >= 0.3 is 6.18 Å². The maximum atomic E-state index is 13.0. The van der Waals surface area contributed by atoms with E-state index in [-0.39, 0.29) is 18.0 Å². The van der Waals surface area contributed by atoms with E-state index in [1.54, 1.807) is 17.0 Å². The second-order valence-corrected chi connectivity index (χ2v) is 8.06. The molecular weight excluding hydrogens is 429 g/mol.